The van der Waals surface area contributed by atoms with Crippen molar-refractivity contribution in [3.05, 3.63) is 81.2 Å². The summed E-state index contributed by atoms with van der Waals surface area (Å²) in [6.45, 7) is 0. The lowest BCUT2D eigenvalue weighted by atomic mass is 9.82. The molecule has 1 saturated carbocycles. The fraction of sp³-hybridized carbons (Fsp3) is 0.280. The quantitative estimate of drug-likeness (QED) is 0.479. The zero-order valence-electron chi connectivity index (χ0n) is 17.1. The molecule has 1 atom stereocenters. The zero-order chi connectivity index (χ0) is 21.4. The molecule has 0 bridgehead atoms. The number of H-pyrrole nitrogens is 1. The number of aromatic nitrogens is 2. The Labute approximate surface area is 190 Å². The van der Waals surface area contributed by atoms with Crippen LogP contribution in [0.1, 0.15) is 60.6 Å². The molecule has 2 heterocycles. The number of hydrogen-bond acceptors (Lipinski definition) is 4. The second kappa shape index (κ2) is 8.24. The van der Waals surface area contributed by atoms with Crippen molar-refractivity contribution < 1.29 is 4.74 Å². The first kappa shape index (κ1) is 19.9. The summed E-state index contributed by atoms with van der Waals surface area (Å²) in [5.74, 6) is 0.850. The third-order valence-electron chi connectivity index (χ3n) is 6.42. The molecule has 0 spiro atoms. The maximum atomic E-state index is 9.85. The maximum absolute atomic E-state index is 9.85. The smallest absolute Gasteiger partial charge is 0.244 e. The number of hydrogen-bond donors (Lipinski definition) is 2. The van der Waals surface area contributed by atoms with Gasteiger partial charge in [-0.15, -0.1) is 5.10 Å². The highest BCUT2D eigenvalue weighted by Gasteiger charge is 2.35. The Morgan fingerprint density at radius 1 is 1.00 bits per heavy atom. The minimum absolute atomic E-state index is 0.105. The minimum Gasteiger partial charge on any atom is -0.420 e. The molecule has 2 aromatic carbocycles. The Balaban J connectivity index is 1.57. The van der Waals surface area contributed by atoms with Gasteiger partial charge in [0.05, 0.1) is 17.2 Å². The van der Waals surface area contributed by atoms with Crippen LogP contribution in [0.25, 0.3) is 11.3 Å². The summed E-state index contributed by atoms with van der Waals surface area (Å²) < 4.78 is 6.69. The van der Waals surface area contributed by atoms with Crippen molar-refractivity contribution in [1.82, 2.24) is 10.2 Å². The van der Waals surface area contributed by atoms with Crippen LogP contribution in [0.5, 0.6) is 5.88 Å². The van der Waals surface area contributed by atoms with Gasteiger partial charge in [-0.25, -0.2) is 0 Å². The first-order chi connectivity index (χ1) is 15.2. The molecule has 0 unspecified atom stereocenters. The zero-order valence-corrected chi connectivity index (χ0v) is 18.7. The number of ether oxygens (including phenoxy) is 1. The van der Waals surface area contributed by atoms with Gasteiger partial charge in [-0.1, -0.05) is 71.6 Å². The number of nitrogens with zero attached hydrogens (tertiary/aromatic N) is 2. The van der Waals surface area contributed by atoms with Crippen molar-refractivity contribution >= 4 is 15.9 Å². The first-order valence-corrected chi connectivity index (χ1v) is 11.5. The average molecular weight is 475 g/mol. The fourth-order valence-corrected chi connectivity index (χ4v) is 5.08. The third-order valence-corrected chi connectivity index (χ3v) is 6.95. The van der Waals surface area contributed by atoms with Gasteiger partial charge in [0.25, 0.3) is 0 Å². The Kier molecular flexibility index (Phi) is 5.29. The molecule has 31 heavy (non-hydrogen) atoms. The average Bonchev–Trinajstić information content (AvgIpc) is 3.23. The molecule has 1 aliphatic heterocycles. The molecule has 0 radical (unpaired) electrons. The van der Waals surface area contributed by atoms with E-state index in [0.717, 1.165) is 26.9 Å². The summed E-state index contributed by atoms with van der Waals surface area (Å²) in [5, 5.41) is 17.4. The van der Waals surface area contributed by atoms with Gasteiger partial charge >= 0.3 is 0 Å². The Morgan fingerprint density at radius 2 is 1.68 bits per heavy atom. The molecule has 1 fully saturated rings. The number of rotatable bonds is 3. The van der Waals surface area contributed by atoms with Crippen LogP contribution >= 0.6 is 15.9 Å². The lowest BCUT2D eigenvalue weighted by Crippen LogP contribution is -2.20. The molecule has 0 amide bonds. The molecule has 0 saturated heterocycles. The van der Waals surface area contributed by atoms with Gasteiger partial charge < -0.3 is 10.5 Å². The van der Waals surface area contributed by atoms with Gasteiger partial charge in [-0.2, -0.15) is 5.26 Å². The van der Waals surface area contributed by atoms with Crippen LogP contribution in [0.3, 0.4) is 0 Å². The largest absolute Gasteiger partial charge is 0.420 e. The summed E-state index contributed by atoms with van der Waals surface area (Å²) >= 11 is 3.48. The number of nitriles is 1. The number of nitrogens with two attached hydrogens (primary N) is 1. The molecular formula is C25H23BrN4O. The van der Waals surface area contributed by atoms with Crippen molar-refractivity contribution in [3.8, 4) is 23.2 Å². The predicted molar refractivity (Wildman–Crippen MR) is 123 cm³/mol. The van der Waals surface area contributed by atoms with Crippen molar-refractivity contribution in [1.29, 1.82) is 5.26 Å². The molecule has 1 aliphatic carbocycles. The summed E-state index contributed by atoms with van der Waals surface area (Å²) in [6, 6.07) is 18.9. The molecule has 2 aliphatic rings. The van der Waals surface area contributed by atoms with Gasteiger partial charge in [0.15, 0.2) is 0 Å². The highest BCUT2D eigenvalue weighted by Crippen LogP contribution is 2.46. The molecule has 5 nitrogen and oxygen atoms in total. The molecular weight excluding hydrogens is 452 g/mol. The van der Waals surface area contributed by atoms with Crippen LogP contribution in [0.4, 0.5) is 0 Å². The van der Waals surface area contributed by atoms with E-state index in [9.17, 15) is 5.26 Å². The van der Waals surface area contributed by atoms with Crippen molar-refractivity contribution in [3.63, 3.8) is 0 Å². The maximum Gasteiger partial charge on any atom is 0.244 e. The summed E-state index contributed by atoms with van der Waals surface area (Å²) in [4.78, 5) is 0. The lowest BCUT2D eigenvalue weighted by molar-refractivity contribution is 0.379. The summed E-state index contributed by atoms with van der Waals surface area (Å²) in [7, 11) is 0. The lowest BCUT2D eigenvalue weighted by Gasteiger charge is -2.24. The van der Waals surface area contributed by atoms with Crippen molar-refractivity contribution in [2.75, 3.05) is 0 Å². The number of halogens is 1. The van der Waals surface area contributed by atoms with E-state index in [0.29, 0.717) is 17.4 Å². The molecule has 156 valence electrons. The molecule has 6 heteroatoms. The number of benzene rings is 2. The molecule has 3 N–H and O–H groups in total. The molecule has 1 aromatic heterocycles. The van der Waals surface area contributed by atoms with Gasteiger partial charge in [-0.3, -0.25) is 5.10 Å². The second-order valence-corrected chi connectivity index (χ2v) is 9.17. The van der Waals surface area contributed by atoms with E-state index in [2.05, 4.69) is 56.5 Å². The van der Waals surface area contributed by atoms with Gasteiger partial charge in [0.1, 0.15) is 11.6 Å². The van der Waals surface area contributed by atoms with Crippen LogP contribution in [0.2, 0.25) is 0 Å². The third kappa shape index (κ3) is 3.64. The first-order valence-electron chi connectivity index (χ1n) is 10.7. The Hall–Kier alpha value is -3.04. The Bertz CT molecular complexity index is 1170. The topological polar surface area (TPSA) is 87.7 Å². The normalized spacial score (nSPS) is 18.9. The monoisotopic (exact) mass is 474 g/mol. The van der Waals surface area contributed by atoms with Crippen LogP contribution in [0.15, 0.2) is 64.5 Å². The van der Waals surface area contributed by atoms with E-state index in [-0.39, 0.29) is 11.8 Å². The summed E-state index contributed by atoms with van der Waals surface area (Å²) in [6.07, 6.45) is 6.53. The number of nitrogens with one attached hydrogen (secondary N) is 1. The number of fused-ring (bicyclic) bond motifs is 1. The number of aromatic amines is 1. The Morgan fingerprint density at radius 3 is 2.35 bits per heavy atom. The predicted octanol–water partition coefficient (Wildman–Crippen LogP) is 6.11. The van der Waals surface area contributed by atoms with E-state index in [1.54, 1.807) is 0 Å². The SMILES string of the molecule is N#CC1=C(N)Oc2n[nH]c(-c3ccc(C4CCCCC4)cc3)c2[C@@H]1c1ccc(Br)cc1. The van der Waals surface area contributed by atoms with E-state index < -0.39 is 0 Å². The van der Waals surface area contributed by atoms with Crippen LogP contribution in [-0.2, 0) is 0 Å². The van der Waals surface area contributed by atoms with E-state index in [4.69, 9.17) is 10.5 Å². The molecule has 5 rings (SSSR count). The van der Waals surface area contributed by atoms with Gasteiger partial charge in [0.2, 0.25) is 11.8 Å². The molecule has 3 aromatic rings. The van der Waals surface area contributed by atoms with Gasteiger partial charge in [0, 0.05) is 10.0 Å². The van der Waals surface area contributed by atoms with E-state index in [1.807, 2.05) is 24.3 Å². The van der Waals surface area contributed by atoms with E-state index >= 15 is 0 Å². The van der Waals surface area contributed by atoms with Crippen molar-refractivity contribution in [2.24, 2.45) is 5.73 Å². The van der Waals surface area contributed by atoms with Crippen LogP contribution in [-0.4, -0.2) is 10.2 Å². The highest BCUT2D eigenvalue weighted by atomic mass is 79.9. The van der Waals surface area contributed by atoms with Gasteiger partial charge in [-0.05, 0) is 42.0 Å². The fourth-order valence-electron chi connectivity index (χ4n) is 4.81. The van der Waals surface area contributed by atoms with Crippen LogP contribution < -0.4 is 10.5 Å². The minimum atomic E-state index is -0.339. The second-order valence-electron chi connectivity index (χ2n) is 8.25. The van der Waals surface area contributed by atoms with Crippen molar-refractivity contribution in [2.45, 2.75) is 43.9 Å². The highest BCUT2D eigenvalue weighted by molar-refractivity contribution is 9.10. The van der Waals surface area contributed by atoms with E-state index in [1.165, 1.54) is 37.7 Å². The standard InChI is InChI=1S/C25H23BrN4O/c26-19-12-10-17(11-13-19)21-20(14-27)24(28)31-25-22(21)23(29-30-25)18-8-6-16(7-9-18)15-4-2-1-3-5-15/h6-13,15,21H,1-5,28H2,(H,29,30)/t21-/m1/s1. The number of allylic oxidation sites excluding steroid dienone is 1. The van der Waals surface area contributed by atoms with Crippen LogP contribution in [0, 0.1) is 11.3 Å². The summed E-state index contributed by atoms with van der Waals surface area (Å²) in [5.41, 5.74) is 11.6.